The lowest BCUT2D eigenvalue weighted by Crippen LogP contribution is -2.04. The van der Waals surface area contributed by atoms with Gasteiger partial charge in [-0.05, 0) is 17.2 Å². The predicted octanol–water partition coefficient (Wildman–Crippen LogP) is 2.33. The van der Waals surface area contributed by atoms with Gasteiger partial charge in [0.15, 0.2) is 0 Å². The number of benzene rings is 1. The summed E-state index contributed by atoms with van der Waals surface area (Å²) in [6.07, 6.45) is 4.57. The molecule has 0 spiro atoms. The zero-order chi connectivity index (χ0) is 12.5. The van der Waals surface area contributed by atoms with Crippen LogP contribution in [0.3, 0.4) is 0 Å². The second-order valence-corrected chi connectivity index (χ2v) is 4.25. The Morgan fingerprint density at radius 3 is 3.00 bits per heavy atom. The fraction of sp³-hybridized carbons (Fsp3) is 0.214. The highest BCUT2D eigenvalue weighted by Gasteiger charge is 2.24. The number of alkyl halides is 1. The van der Waals surface area contributed by atoms with E-state index < -0.39 is 12.8 Å². The number of hydrogen-bond donors (Lipinski definition) is 1. The largest absolute Gasteiger partial charge is 0.384 e. The zero-order valence-electron chi connectivity index (χ0n) is 9.75. The van der Waals surface area contributed by atoms with Crippen molar-refractivity contribution >= 4 is 5.57 Å². The highest BCUT2D eigenvalue weighted by atomic mass is 19.1. The molecule has 0 radical (unpaired) electrons. The molecule has 18 heavy (non-hydrogen) atoms. The van der Waals surface area contributed by atoms with E-state index in [1.54, 1.807) is 23.0 Å². The number of aliphatic hydroxyl groups excluding tert-OH is 1. The summed E-state index contributed by atoms with van der Waals surface area (Å²) < 4.78 is 14.2. The molecule has 1 aromatic carbocycles. The predicted molar refractivity (Wildman–Crippen MR) is 66.7 cm³/mol. The Bertz CT molecular complexity index is 603. The molecule has 1 N–H and O–H groups in total. The van der Waals surface area contributed by atoms with Crippen LogP contribution < -0.4 is 0 Å². The number of rotatable bonds is 3. The Labute approximate surface area is 104 Å². The van der Waals surface area contributed by atoms with Crippen molar-refractivity contribution in [2.45, 2.75) is 12.6 Å². The number of halogens is 1. The SMILES string of the molecule is OC1C=C(c2nccn2CCF)c2ccccc21. The van der Waals surface area contributed by atoms with Crippen LogP contribution in [-0.2, 0) is 6.54 Å². The highest BCUT2D eigenvalue weighted by molar-refractivity contribution is 5.82. The number of hydrogen-bond acceptors (Lipinski definition) is 2. The monoisotopic (exact) mass is 244 g/mol. The van der Waals surface area contributed by atoms with E-state index in [9.17, 15) is 9.50 Å². The molecule has 0 bridgehead atoms. The van der Waals surface area contributed by atoms with Gasteiger partial charge < -0.3 is 9.67 Å². The Morgan fingerprint density at radius 1 is 1.33 bits per heavy atom. The molecule has 3 nitrogen and oxygen atoms in total. The molecule has 3 rings (SSSR count). The first-order chi connectivity index (χ1) is 8.81. The summed E-state index contributed by atoms with van der Waals surface area (Å²) in [6, 6.07) is 7.66. The number of aliphatic hydroxyl groups is 1. The average molecular weight is 244 g/mol. The molecule has 0 saturated heterocycles. The van der Waals surface area contributed by atoms with Crippen molar-refractivity contribution in [3.63, 3.8) is 0 Å². The first-order valence-electron chi connectivity index (χ1n) is 5.88. The summed E-state index contributed by atoms with van der Waals surface area (Å²) >= 11 is 0. The Morgan fingerprint density at radius 2 is 2.17 bits per heavy atom. The second kappa shape index (κ2) is 4.38. The molecule has 0 saturated carbocycles. The number of aryl methyl sites for hydroxylation is 1. The fourth-order valence-corrected chi connectivity index (χ4v) is 2.36. The topological polar surface area (TPSA) is 38.1 Å². The van der Waals surface area contributed by atoms with Crippen LogP contribution in [0.25, 0.3) is 5.57 Å². The van der Waals surface area contributed by atoms with E-state index in [0.29, 0.717) is 5.82 Å². The van der Waals surface area contributed by atoms with Crippen LogP contribution in [0.5, 0.6) is 0 Å². The minimum Gasteiger partial charge on any atom is -0.384 e. The second-order valence-electron chi connectivity index (χ2n) is 4.25. The van der Waals surface area contributed by atoms with Crippen LogP contribution in [0.1, 0.15) is 23.1 Å². The maximum atomic E-state index is 12.5. The maximum Gasteiger partial charge on any atom is 0.140 e. The van der Waals surface area contributed by atoms with Gasteiger partial charge in [0.2, 0.25) is 0 Å². The Hall–Kier alpha value is -1.94. The van der Waals surface area contributed by atoms with Gasteiger partial charge in [0.25, 0.3) is 0 Å². The summed E-state index contributed by atoms with van der Waals surface area (Å²) in [6.45, 7) is -0.147. The molecule has 4 heteroatoms. The number of nitrogens with zero attached hydrogens (tertiary/aromatic N) is 2. The molecule has 1 unspecified atom stereocenters. The van der Waals surface area contributed by atoms with E-state index in [1.165, 1.54) is 0 Å². The third-order valence-corrected chi connectivity index (χ3v) is 3.18. The van der Waals surface area contributed by atoms with Crippen molar-refractivity contribution < 1.29 is 9.50 Å². The Kier molecular flexibility index (Phi) is 2.72. The van der Waals surface area contributed by atoms with E-state index in [1.807, 2.05) is 24.3 Å². The van der Waals surface area contributed by atoms with E-state index in [2.05, 4.69) is 4.98 Å². The van der Waals surface area contributed by atoms with E-state index in [0.717, 1.165) is 16.7 Å². The van der Waals surface area contributed by atoms with Crippen molar-refractivity contribution in [1.82, 2.24) is 9.55 Å². The third kappa shape index (κ3) is 1.66. The molecule has 1 aliphatic rings. The molecule has 1 aliphatic carbocycles. The summed E-state index contributed by atoms with van der Waals surface area (Å²) in [7, 11) is 0. The molecule has 0 aliphatic heterocycles. The molecule has 0 fully saturated rings. The van der Waals surface area contributed by atoms with Gasteiger partial charge in [-0.2, -0.15) is 0 Å². The first-order valence-corrected chi connectivity index (χ1v) is 5.88. The van der Waals surface area contributed by atoms with Crippen molar-refractivity contribution in [2.75, 3.05) is 6.67 Å². The van der Waals surface area contributed by atoms with Gasteiger partial charge in [0.05, 0.1) is 12.6 Å². The molecular weight excluding hydrogens is 231 g/mol. The minimum absolute atomic E-state index is 0.283. The lowest BCUT2D eigenvalue weighted by atomic mass is 10.0. The third-order valence-electron chi connectivity index (χ3n) is 3.18. The lowest BCUT2D eigenvalue weighted by molar-refractivity contribution is 0.232. The highest BCUT2D eigenvalue weighted by Crippen LogP contribution is 2.37. The van der Waals surface area contributed by atoms with Crippen LogP contribution in [0.4, 0.5) is 4.39 Å². The van der Waals surface area contributed by atoms with E-state index in [4.69, 9.17) is 0 Å². The summed E-state index contributed by atoms with van der Waals surface area (Å²) in [5.74, 6) is 0.705. The lowest BCUT2D eigenvalue weighted by Gasteiger charge is -2.08. The molecule has 1 aromatic heterocycles. The van der Waals surface area contributed by atoms with Crippen LogP contribution in [0.15, 0.2) is 42.7 Å². The normalized spacial score (nSPS) is 17.7. The molecule has 1 heterocycles. The smallest absolute Gasteiger partial charge is 0.140 e. The molecule has 2 aromatic rings. The quantitative estimate of drug-likeness (QED) is 0.899. The van der Waals surface area contributed by atoms with Crippen molar-refractivity contribution in [3.8, 4) is 0 Å². The van der Waals surface area contributed by atoms with Gasteiger partial charge in [-0.1, -0.05) is 24.3 Å². The van der Waals surface area contributed by atoms with Crippen LogP contribution in [0.2, 0.25) is 0 Å². The maximum absolute atomic E-state index is 12.5. The molecular formula is C14H13FN2O. The van der Waals surface area contributed by atoms with Crippen molar-refractivity contribution in [2.24, 2.45) is 0 Å². The fourth-order valence-electron chi connectivity index (χ4n) is 2.36. The van der Waals surface area contributed by atoms with Gasteiger partial charge in [-0.15, -0.1) is 0 Å². The van der Waals surface area contributed by atoms with Crippen LogP contribution in [-0.4, -0.2) is 21.3 Å². The first kappa shape index (κ1) is 11.2. The molecule has 1 atom stereocenters. The van der Waals surface area contributed by atoms with Gasteiger partial charge in [0, 0.05) is 18.0 Å². The van der Waals surface area contributed by atoms with Crippen LogP contribution in [0, 0.1) is 0 Å². The summed E-state index contributed by atoms with van der Waals surface area (Å²) in [5, 5.41) is 9.98. The van der Waals surface area contributed by atoms with E-state index >= 15 is 0 Å². The number of aromatic nitrogens is 2. The standard InChI is InChI=1S/C14H13FN2O/c15-5-7-17-8-6-16-14(17)12-9-13(18)11-4-2-1-3-10(11)12/h1-4,6,8-9,13,18H,5,7H2. The van der Waals surface area contributed by atoms with Crippen LogP contribution >= 0.6 is 0 Å². The van der Waals surface area contributed by atoms with Gasteiger partial charge in [-0.3, -0.25) is 0 Å². The molecule has 92 valence electrons. The number of imidazole rings is 1. The van der Waals surface area contributed by atoms with E-state index in [-0.39, 0.29) is 6.54 Å². The Balaban J connectivity index is 2.08. The number of fused-ring (bicyclic) bond motifs is 1. The van der Waals surface area contributed by atoms with Gasteiger partial charge in [-0.25, -0.2) is 9.37 Å². The summed E-state index contributed by atoms with van der Waals surface area (Å²) in [5.41, 5.74) is 2.72. The molecule has 0 amide bonds. The summed E-state index contributed by atoms with van der Waals surface area (Å²) in [4.78, 5) is 4.27. The van der Waals surface area contributed by atoms with Gasteiger partial charge >= 0.3 is 0 Å². The average Bonchev–Trinajstić information content (AvgIpc) is 2.96. The van der Waals surface area contributed by atoms with Gasteiger partial charge in [0.1, 0.15) is 12.5 Å². The zero-order valence-corrected chi connectivity index (χ0v) is 9.75. The minimum atomic E-state index is -0.605. The van der Waals surface area contributed by atoms with Crippen molar-refractivity contribution in [1.29, 1.82) is 0 Å². The van der Waals surface area contributed by atoms with Crippen molar-refractivity contribution in [3.05, 3.63) is 59.7 Å².